The van der Waals surface area contributed by atoms with E-state index in [0.717, 1.165) is 39.1 Å². The van der Waals surface area contributed by atoms with Crippen LogP contribution in [0.4, 0.5) is 5.69 Å². The fourth-order valence-electron chi connectivity index (χ4n) is 4.86. The lowest BCUT2D eigenvalue weighted by Crippen LogP contribution is -2.35. The molecule has 0 aromatic heterocycles. The van der Waals surface area contributed by atoms with Crippen molar-refractivity contribution in [3.63, 3.8) is 0 Å². The first-order chi connectivity index (χ1) is 17.1. The van der Waals surface area contributed by atoms with Gasteiger partial charge in [-0.05, 0) is 69.4 Å². The Kier molecular flexibility index (Phi) is 5.44. The second-order valence-corrected chi connectivity index (χ2v) is 10.8. The minimum Gasteiger partial charge on any atom is -0.256 e. The van der Waals surface area contributed by atoms with Gasteiger partial charge in [-0.1, -0.05) is 72.8 Å². The first-order valence-electron chi connectivity index (χ1n) is 11.7. The van der Waals surface area contributed by atoms with E-state index in [2.05, 4.69) is 36.4 Å². The van der Waals surface area contributed by atoms with Gasteiger partial charge in [0.2, 0.25) is 10.0 Å². The van der Waals surface area contributed by atoms with Crippen LogP contribution in [-0.4, -0.2) is 25.5 Å². The summed E-state index contributed by atoms with van der Waals surface area (Å²) in [5, 5.41) is 4.61. The summed E-state index contributed by atoms with van der Waals surface area (Å²) >= 11 is 0. The smallest absolute Gasteiger partial charge is 0.243 e. The van der Waals surface area contributed by atoms with Gasteiger partial charge in [0, 0.05) is 24.9 Å². The van der Waals surface area contributed by atoms with Gasteiger partial charge in [-0.2, -0.15) is 4.31 Å². The molecule has 0 spiro atoms. The van der Waals surface area contributed by atoms with Crippen molar-refractivity contribution in [2.45, 2.75) is 17.9 Å². The number of rotatable bonds is 4. The van der Waals surface area contributed by atoms with Crippen molar-refractivity contribution in [2.75, 3.05) is 6.54 Å². The van der Waals surface area contributed by atoms with Gasteiger partial charge in [0.25, 0.3) is 0 Å². The second kappa shape index (κ2) is 8.77. The number of hydrogen-bond acceptors (Lipinski definition) is 3. The molecule has 0 radical (unpaired) electrons. The van der Waals surface area contributed by atoms with Crippen LogP contribution < -0.4 is 0 Å². The molecule has 0 saturated heterocycles. The van der Waals surface area contributed by atoms with E-state index in [4.69, 9.17) is 4.99 Å². The van der Waals surface area contributed by atoms with Gasteiger partial charge < -0.3 is 0 Å². The summed E-state index contributed by atoms with van der Waals surface area (Å²) < 4.78 is 28.1. The van der Waals surface area contributed by atoms with Crippen LogP contribution in [0.3, 0.4) is 0 Å². The molecule has 0 N–H and O–H groups in total. The number of aliphatic imine (C=N–C) groups is 1. The molecule has 1 aliphatic heterocycles. The Morgan fingerprint density at radius 3 is 2.00 bits per heavy atom. The maximum absolute atomic E-state index is 13.3. The maximum atomic E-state index is 13.3. The molecule has 0 fully saturated rings. The molecule has 4 nitrogen and oxygen atoms in total. The summed E-state index contributed by atoms with van der Waals surface area (Å²) in [6, 6.07) is 33.7. The third kappa shape index (κ3) is 4.03. The van der Waals surface area contributed by atoms with Crippen LogP contribution in [0.2, 0.25) is 0 Å². The zero-order valence-corrected chi connectivity index (χ0v) is 19.9. The van der Waals surface area contributed by atoms with E-state index in [9.17, 15) is 8.42 Å². The van der Waals surface area contributed by atoms with Crippen molar-refractivity contribution in [2.24, 2.45) is 4.99 Å². The number of fused-ring (bicyclic) bond motifs is 3. The van der Waals surface area contributed by atoms with Crippen molar-refractivity contribution < 1.29 is 8.42 Å². The molecule has 5 aromatic carbocycles. The molecule has 0 aliphatic carbocycles. The predicted molar refractivity (Wildman–Crippen MR) is 143 cm³/mol. The molecule has 0 atom stereocenters. The Balaban J connectivity index is 1.30. The second-order valence-electron chi connectivity index (χ2n) is 8.84. The molecule has 6 rings (SSSR count). The molecule has 1 aliphatic rings. The maximum Gasteiger partial charge on any atom is 0.243 e. The Bertz CT molecular complexity index is 1640. The SMILES string of the molecule is O=S(=O)(c1ccc(N=Cc2c3ccccc3cc3ccccc23)cc1)N1CCc2ccccc2C1. The van der Waals surface area contributed by atoms with E-state index in [1.807, 2.05) is 48.7 Å². The van der Waals surface area contributed by atoms with Crippen LogP contribution >= 0.6 is 0 Å². The number of hydrogen-bond donors (Lipinski definition) is 0. The molecule has 0 unspecified atom stereocenters. The Morgan fingerprint density at radius 2 is 1.31 bits per heavy atom. The van der Waals surface area contributed by atoms with E-state index < -0.39 is 10.0 Å². The lowest BCUT2D eigenvalue weighted by atomic mass is 9.97. The van der Waals surface area contributed by atoms with Gasteiger partial charge in [0.1, 0.15) is 0 Å². The molecule has 5 heteroatoms. The van der Waals surface area contributed by atoms with Gasteiger partial charge >= 0.3 is 0 Å². The van der Waals surface area contributed by atoms with Crippen molar-refractivity contribution in [3.8, 4) is 0 Å². The fourth-order valence-corrected chi connectivity index (χ4v) is 6.27. The van der Waals surface area contributed by atoms with Crippen LogP contribution in [0.15, 0.2) is 113 Å². The van der Waals surface area contributed by atoms with Gasteiger partial charge in [-0.3, -0.25) is 4.99 Å². The molecular weight excluding hydrogens is 452 g/mol. The summed E-state index contributed by atoms with van der Waals surface area (Å²) in [6.45, 7) is 0.903. The average molecular weight is 477 g/mol. The van der Waals surface area contributed by atoms with E-state index in [0.29, 0.717) is 23.7 Å². The van der Waals surface area contributed by atoms with Gasteiger partial charge in [-0.15, -0.1) is 0 Å². The number of sulfonamides is 1. The van der Waals surface area contributed by atoms with E-state index >= 15 is 0 Å². The highest BCUT2D eigenvalue weighted by Gasteiger charge is 2.28. The molecule has 35 heavy (non-hydrogen) atoms. The van der Waals surface area contributed by atoms with Gasteiger partial charge in [0.05, 0.1) is 10.6 Å². The largest absolute Gasteiger partial charge is 0.256 e. The van der Waals surface area contributed by atoms with Crippen LogP contribution in [0, 0.1) is 0 Å². The highest BCUT2D eigenvalue weighted by atomic mass is 32.2. The quantitative estimate of drug-likeness (QED) is 0.220. The zero-order chi connectivity index (χ0) is 23.8. The fraction of sp³-hybridized carbons (Fsp3) is 0.100. The number of benzene rings is 5. The summed E-state index contributed by atoms with van der Waals surface area (Å²) in [6.07, 6.45) is 2.62. The van der Waals surface area contributed by atoms with E-state index in [1.54, 1.807) is 28.6 Å². The zero-order valence-electron chi connectivity index (χ0n) is 19.1. The van der Waals surface area contributed by atoms with Crippen molar-refractivity contribution >= 4 is 43.5 Å². The summed E-state index contributed by atoms with van der Waals surface area (Å²) in [4.78, 5) is 5.01. The molecule has 0 amide bonds. The van der Waals surface area contributed by atoms with Crippen LogP contribution in [0.1, 0.15) is 16.7 Å². The third-order valence-corrected chi connectivity index (χ3v) is 8.59. The van der Waals surface area contributed by atoms with E-state index in [-0.39, 0.29) is 0 Å². The molecule has 0 bridgehead atoms. The summed E-state index contributed by atoms with van der Waals surface area (Å²) in [7, 11) is -3.56. The van der Waals surface area contributed by atoms with Crippen LogP contribution in [0.25, 0.3) is 21.5 Å². The molecular formula is C30H24N2O2S. The normalized spacial score (nSPS) is 14.5. The van der Waals surface area contributed by atoms with Gasteiger partial charge in [-0.25, -0.2) is 8.42 Å². The van der Waals surface area contributed by atoms with Crippen LogP contribution in [-0.2, 0) is 23.0 Å². The topological polar surface area (TPSA) is 49.7 Å². The first-order valence-corrected chi connectivity index (χ1v) is 13.2. The molecule has 1 heterocycles. The Morgan fingerprint density at radius 1 is 0.714 bits per heavy atom. The summed E-state index contributed by atoms with van der Waals surface area (Å²) in [5.74, 6) is 0. The molecule has 172 valence electrons. The molecule has 0 saturated carbocycles. The number of nitrogens with zero attached hydrogens (tertiary/aromatic N) is 2. The lowest BCUT2D eigenvalue weighted by Gasteiger charge is -2.28. The Labute approximate surface area is 205 Å². The van der Waals surface area contributed by atoms with Crippen LogP contribution in [0.5, 0.6) is 0 Å². The minimum absolute atomic E-state index is 0.298. The van der Waals surface area contributed by atoms with Crippen molar-refractivity contribution in [1.29, 1.82) is 0 Å². The first kappa shape index (κ1) is 21.7. The summed E-state index contributed by atoms with van der Waals surface area (Å²) in [5.41, 5.74) is 4.07. The lowest BCUT2D eigenvalue weighted by molar-refractivity contribution is 0.391. The monoisotopic (exact) mass is 476 g/mol. The van der Waals surface area contributed by atoms with Crippen molar-refractivity contribution in [1.82, 2.24) is 4.31 Å². The Hall–Kier alpha value is -3.80. The predicted octanol–water partition coefficient (Wildman–Crippen LogP) is 6.49. The van der Waals surface area contributed by atoms with Gasteiger partial charge in [0.15, 0.2) is 0 Å². The minimum atomic E-state index is -3.56. The highest BCUT2D eigenvalue weighted by Crippen LogP contribution is 2.29. The van der Waals surface area contributed by atoms with Crippen molar-refractivity contribution in [3.05, 3.63) is 120 Å². The van der Waals surface area contributed by atoms with E-state index in [1.165, 1.54) is 5.56 Å². The standard InChI is InChI=1S/C30H24N2O2S/c33-35(34,32-18-17-22-7-1-2-10-25(22)21-32)27-15-13-26(14-16-27)31-20-30-28-11-5-3-8-23(28)19-24-9-4-6-12-29(24)30/h1-16,19-20H,17-18,21H2. The average Bonchev–Trinajstić information content (AvgIpc) is 2.91. The third-order valence-electron chi connectivity index (χ3n) is 6.73. The highest BCUT2D eigenvalue weighted by molar-refractivity contribution is 7.89. The molecule has 5 aromatic rings.